The number of fused-ring (bicyclic) bond motifs is 1. The van der Waals surface area contributed by atoms with Gasteiger partial charge < -0.3 is 14.8 Å². The largest absolute Gasteiger partial charge is 0.349 e. The molecule has 5 rings (SSSR count). The highest BCUT2D eigenvalue weighted by Crippen LogP contribution is 2.41. The van der Waals surface area contributed by atoms with E-state index in [1.54, 1.807) is 0 Å². The molecule has 2 aromatic heterocycles. The lowest BCUT2D eigenvalue weighted by atomic mass is 9.80. The first-order valence-corrected chi connectivity index (χ1v) is 11.2. The molecular formula is C22H29N7O2. The maximum atomic E-state index is 13.1. The number of likely N-dealkylation sites (tertiary alicyclic amines) is 1. The second-order valence-electron chi connectivity index (χ2n) is 9.40. The lowest BCUT2D eigenvalue weighted by molar-refractivity contribution is 0.0760. The van der Waals surface area contributed by atoms with Crippen LogP contribution in [0.15, 0.2) is 6.33 Å². The SMILES string of the molecule is Cc1ncnc(C(=O)N2CCC3(CCc4nnc(C(=O)NCC5CC5)n4CC3)C2)c1C. The number of carbonyl (C=O) groups is 2. The highest BCUT2D eigenvalue weighted by atomic mass is 16.2. The second kappa shape index (κ2) is 7.69. The first-order valence-electron chi connectivity index (χ1n) is 11.2. The van der Waals surface area contributed by atoms with E-state index >= 15 is 0 Å². The molecule has 1 spiro atoms. The van der Waals surface area contributed by atoms with Crippen LogP contribution in [-0.4, -0.2) is 61.1 Å². The van der Waals surface area contributed by atoms with Gasteiger partial charge in [-0.05, 0) is 57.3 Å². The zero-order valence-electron chi connectivity index (χ0n) is 18.2. The molecule has 2 aromatic rings. The summed E-state index contributed by atoms with van der Waals surface area (Å²) in [5, 5.41) is 11.5. The van der Waals surface area contributed by atoms with Gasteiger partial charge in [0, 0.05) is 43.9 Å². The molecule has 2 aliphatic heterocycles. The summed E-state index contributed by atoms with van der Waals surface area (Å²) in [7, 11) is 0. The summed E-state index contributed by atoms with van der Waals surface area (Å²) in [5.41, 5.74) is 2.24. The third kappa shape index (κ3) is 3.81. The van der Waals surface area contributed by atoms with Crippen molar-refractivity contribution >= 4 is 11.8 Å². The standard InChI is InChI=1S/C22H29N7O2/c1-14-15(2)24-13-25-18(14)21(31)28-9-7-22(12-28)6-5-17-26-27-19(29(17)10-8-22)20(30)23-11-16-3-4-16/h13,16H,3-12H2,1-2H3,(H,23,30). The predicted molar refractivity (Wildman–Crippen MR) is 112 cm³/mol. The van der Waals surface area contributed by atoms with Crippen LogP contribution in [0.3, 0.4) is 0 Å². The summed E-state index contributed by atoms with van der Waals surface area (Å²) in [6, 6.07) is 0. The van der Waals surface area contributed by atoms with E-state index in [-0.39, 0.29) is 17.2 Å². The van der Waals surface area contributed by atoms with Gasteiger partial charge in [0.15, 0.2) is 0 Å². The Morgan fingerprint density at radius 2 is 1.94 bits per heavy atom. The van der Waals surface area contributed by atoms with E-state index in [9.17, 15) is 9.59 Å². The molecular weight excluding hydrogens is 394 g/mol. The number of aromatic nitrogens is 5. The maximum Gasteiger partial charge on any atom is 0.289 e. The Labute approximate surface area is 181 Å². The van der Waals surface area contributed by atoms with Crippen molar-refractivity contribution < 1.29 is 9.59 Å². The Morgan fingerprint density at radius 3 is 2.74 bits per heavy atom. The Balaban J connectivity index is 1.27. The van der Waals surface area contributed by atoms with E-state index in [2.05, 4.69) is 25.5 Å². The van der Waals surface area contributed by atoms with Crippen molar-refractivity contribution in [2.75, 3.05) is 19.6 Å². The van der Waals surface area contributed by atoms with Crippen LogP contribution >= 0.6 is 0 Å². The van der Waals surface area contributed by atoms with E-state index in [4.69, 9.17) is 0 Å². The second-order valence-corrected chi connectivity index (χ2v) is 9.40. The normalized spacial score (nSPS) is 23.0. The Kier molecular flexibility index (Phi) is 4.98. The van der Waals surface area contributed by atoms with Gasteiger partial charge in [-0.1, -0.05) is 0 Å². The van der Waals surface area contributed by atoms with Gasteiger partial charge in [0.25, 0.3) is 11.8 Å². The molecule has 3 aliphatic rings. The summed E-state index contributed by atoms with van der Waals surface area (Å²) >= 11 is 0. The number of hydrogen-bond acceptors (Lipinski definition) is 6. The quantitative estimate of drug-likeness (QED) is 0.802. The first kappa shape index (κ1) is 20.1. The van der Waals surface area contributed by atoms with Gasteiger partial charge in [-0.15, -0.1) is 10.2 Å². The zero-order valence-corrected chi connectivity index (χ0v) is 18.2. The molecule has 0 radical (unpaired) electrons. The highest BCUT2D eigenvalue weighted by molar-refractivity contribution is 5.94. The number of amides is 2. The van der Waals surface area contributed by atoms with Gasteiger partial charge in [0.05, 0.1) is 0 Å². The molecule has 4 heterocycles. The van der Waals surface area contributed by atoms with Crippen LogP contribution < -0.4 is 5.32 Å². The Bertz CT molecular complexity index is 1030. The summed E-state index contributed by atoms with van der Waals surface area (Å²) in [4.78, 5) is 36.1. The smallest absolute Gasteiger partial charge is 0.289 e. The summed E-state index contributed by atoms with van der Waals surface area (Å²) < 4.78 is 1.99. The topological polar surface area (TPSA) is 106 Å². The molecule has 9 nitrogen and oxygen atoms in total. The van der Waals surface area contributed by atoms with Crippen molar-refractivity contribution in [1.29, 1.82) is 0 Å². The summed E-state index contributed by atoms with van der Waals surface area (Å²) in [6.07, 6.45) is 7.45. The molecule has 2 fully saturated rings. The molecule has 1 saturated carbocycles. The average molecular weight is 424 g/mol. The average Bonchev–Trinajstić information content (AvgIpc) is 3.41. The molecule has 9 heteroatoms. The first-order chi connectivity index (χ1) is 15.0. The lowest BCUT2D eigenvalue weighted by Crippen LogP contribution is -2.34. The minimum atomic E-state index is -0.126. The fraction of sp³-hybridized carbons (Fsp3) is 0.636. The van der Waals surface area contributed by atoms with Gasteiger partial charge in [-0.2, -0.15) is 0 Å². The van der Waals surface area contributed by atoms with Crippen molar-refractivity contribution in [3.05, 3.63) is 34.9 Å². The highest BCUT2D eigenvalue weighted by Gasteiger charge is 2.42. The van der Waals surface area contributed by atoms with E-state index in [0.29, 0.717) is 24.0 Å². The van der Waals surface area contributed by atoms with Gasteiger partial charge in [0.2, 0.25) is 5.82 Å². The van der Waals surface area contributed by atoms with Crippen molar-refractivity contribution in [1.82, 2.24) is 34.9 Å². The fourth-order valence-electron chi connectivity index (χ4n) is 4.83. The molecule has 1 unspecified atom stereocenters. The van der Waals surface area contributed by atoms with Crippen LogP contribution in [0.4, 0.5) is 0 Å². The van der Waals surface area contributed by atoms with Crippen molar-refractivity contribution in [2.24, 2.45) is 11.3 Å². The number of aryl methyl sites for hydroxylation is 2. The molecule has 164 valence electrons. The fourth-order valence-corrected chi connectivity index (χ4v) is 4.83. The molecule has 2 amide bonds. The number of carbonyl (C=O) groups excluding carboxylic acids is 2. The Hall–Kier alpha value is -2.84. The summed E-state index contributed by atoms with van der Waals surface area (Å²) in [5.74, 6) is 1.79. The summed E-state index contributed by atoms with van der Waals surface area (Å²) in [6.45, 7) is 6.69. The predicted octanol–water partition coefficient (Wildman–Crippen LogP) is 1.69. The van der Waals surface area contributed by atoms with Crippen LogP contribution in [0.1, 0.15) is 70.3 Å². The van der Waals surface area contributed by atoms with Crippen molar-refractivity contribution in [2.45, 2.75) is 58.9 Å². The minimum absolute atomic E-state index is 0.0105. The minimum Gasteiger partial charge on any atom is -0.349 e. The zero-order chi connectivity index (χ0) is 21.6. The van der Waals surface area contributed by atoms with Crippen LogP contribution in [0.5, 0.6) is 0 Å². The number of rotatable bonds is 4. The van der Waals surface area contributed by atoms with E-state index in [0.717, 1.165) is 62.4 Å². The lowest BCUT2D eigenvalue weighted by Gasteiger charge is -2.27. The monoisotopic (exact) mass is 423 g/mol. The number of nitrogens with zero attached hydrogens (tertiary/aromatic N) is 6. The van der Waals surface area contributed by atoms with E-state index in [1.165, 1.54) is 19.2 Å². The van der Waals surface area contributed by atoms with Gasteiger partial charge in [-0.25, -0.2) is 9.97 Å². The number of nitrogens with one attached hydrogen (secondary N) is 1. The van der Waals surface area contributed by atoms with E-state index in [1.807, 2.05) is 23.3 Å². The third-order valence-corrected chi connectivity index (χ3v) is 7.29. The molecule has 31 heavy (non-hydrogen) atoms. The van der Waals surface area contributed by atoms with Crippen LogP contribution in [0.2, 0.25) is 0 Å². The van der Waals surface area contributed by atoms with Gasteiger partial charge in [0.1, 0.15) is 17.8 Å². The van der Waals surface area contributed by atoms with Gasteiger partial charge >= 0.3 is 0 Å². The van der Waals surface area contributed by atoms with Crippen LogP contribution in [0, 0.1) is 25.2 Å². The third-order valence-electron chi connectivity index (χ3n) is 7.29. The molecule has 0 bridgehead atoms. The van der Waals surface area contributed by atoms with Crippen molar-refractivity contribution in [3.63, 3.8) is 0 Å². The van der Waals surface area contributed by atoms with Crippen LogP contribution in [0.25, 0.3) is 0 Å². The maximum absolute atomic E-state index is 13.1. The molecule has 1 saturated heterocycles. The van der Waals surface area contributed by atoms with Gasteiger partial charge in [-0.3, -0.25) is 9.59 Å². The molecule has 0 aromatic carbocycles. The van der Waals surface area contributed by atoms with E-state index < -0.39 is 0 Å². The van der Waals surface area contributed by atoms with Crippen molar-refractivity contribution in [3.8, 4) is 0 Å². The molecule has 1 aliphatic carbocycles. The van der Waals surface area contributed by atoms with Crippen LogP contribution in [-0.2, 0) is 13.0 Å². The molecule has 1 N–H and O–H groups in total. The Morgan fingerprint density at radius 1 is 1.13 bits per heavy atom. The number of hydrogen-bond donors (Lipinski definition) is 1. The molecule has 1 atom stereocenters.